The predicted octanol–water partition coefficient (Wildman–Crippen LogP) is 3.45. The highest BCUT2D eigenvalue weighted by molar-refractivity contribution is 7.94. The van der Waals surface area contributed by atoms with Gasteiger partial charge in [-0.15, -0.1) is 0 Å². The molecular formula is C24H24N2O4S. The predicted molar refractivity (Wildman–Crippen MR) is 123 cm³/mol. The summed E-state index contributed by atoms with van der Waals surface area (Å²) >= 11 is 0. The lowest BCUT2D eigenvalue weighted by atomic mass is 10.0. The van der Waals surface area contributed by atoms with Crippen LogP contribution in [0.15, 0.2) is 89.2 Å². The first-order valence-electron chi connectivity index (χ1n) is 9.61. The first-order valence-corrected chi connectivity index (χ1v) is 11.2. The van der Waals surface area contributed by atoms with E-state index in [2.05, 4.69) is 5.32 Å². The average Bonchev–Trinajstić information content (AvgIpc) is 2.79. The Morgan fingerprint density at radius 3 is 2.13 bits per heavy atom. The molecule has 0 aliphatic heterocycles. The van der Waals surface area contributed by atoms with Crippen molar-refractivity contribution in [2.45, 2.75) is 17.4 Å². The minimum absolute atomic E-state index is 0.0975. The smallest absolute Gasteiger partial charge is 0.246 e. The van der Waals surface area contributed by atoms with E-state index in [4.69, 9.17) is 10.8 Å². The Kier molecular flexibility index (Phi) is 6.70. The van der Waals surface area contributed by atoms with E-state index < -0.39 is 27.9 Å². The molecule has 0 unspecified atom stereocenters. The molecule has 0 aliphatic carbocycles. The van der Waals surface area contributed by atoms with Crippen LogP contribution >= 0.6 is 0 Å². The number of amides is 1. The van der Waals surface area contributed by atoms with E-state index in [0.717, 1.165) is 22.1 Å². The molecule has 160 valence electrons. The minimum Gasteiger partial charge on any atom is -0.394 e. The molecule has 1 amide bonds. The molecule has 0 fully saturated rings. The van der Waals surface area contributed by atoms with Gasteiger partial charge in [0.1, 0.15) is 5.54 Å². The lowest BCUT2D eigenvalue weighted by molar-refractivity contribution is -0.121. The van der Waals surface area contributed by atoms with E-state index in [9.17, 15) is 13.2 Å². The Hall–Kier alpha value is -3.26. The van der Waals surface area contributed by atoms with Crippen molar-refractivity contribution < 1.29 is 18.3 Å². The Morgan fingerprint density at radius 1 is 0.968 bits per heavy atom. The van der Waals surface area contributed by atoms with Gasteiger partial charge in [0.2, 0.25) is 5.91 Å². The summed E-state index contributed by atoms with van der Waals surface area (Å²) in [6, 6.07) is 23.3. The van der Waals surface area contributed by atoms with Gasteiger partial charge in [-0.1, -0.05) is 54.6 Å². The summed E-state index contributed by atoms with van der Waals surface area (Å²) in [5.74, 6) is -0.565. The van der Waals surface area contributed by atoms with Crippen LogP contribution in [-0.2, 0) is 14.6 Å². The van der Waals surface area contributed by atoms with Crippen molar-refractivity contribution >= 4 is 27.5 Å². The summed E-state index contributed by atoms with van der Waals surface area (Å²) in [6.45, 7) is 0.890. The summed E-state index contributed by atoms with van der Waals surface area (Å²) in [4.78, 5) is 12.1. The second kappa shape index (κ2) is 9.26. The van der Waals surface area contributed by atoms with Crippen LogP contribution in [0.25, 0.3) is 17.2 Å². The van der Waals surface area contributed by atoms with Gasteiger partial charge in [-0.25, -0.2) is 8.42 Å². The summed E-state index contributed by atoms with van der Waals surface area (Å²) in [6.07, 6.45) is 1.54. The average molecular weight is 437 g/mol. The Bertz CT molecular complexity index is 1170. The van der Waals surface area contributed by atoms with E-state index in [-0.39, 0.29) is 4.90 Å². The van der Waals surface area contributed by atoms with Crippen molar-refractivity contribution in [1.29, 1.82) is 0 Å². The van der Waals surface area contributed by atoms with Gasteiger partial charge in [0, 0.05) is 11.1 Å². The molecule has 0 saturated carbocycles. The second-order valence-corrected chi connectivity index (χ2v) is 9.22. The number of nitrogens with two attached hydrogens (primary N) is 1. The fraction of sp³-hybridized carbons (Fsp3) is 0.125. The Morgan fingerprint density at radius 2 is 1.55 bits per heavy atom. The Labute approximate surface area is 182 Å². The number of hydrogen-bond donors (Lipinski definition) is 3. The number of carbonyl (C=O) groups excluding carboxylic acids is 1. The van der Waals surface area contributed by atoms with Gasteiger partial charge >= 0.3 is 0 Å². The van der Waals surface area contributed by atoms with Crippen molar-refractivity contribution in [3.63, 3.8) is 0 Å². The number of nitrogens with one attached hydrogen (secondary N) is 1. The number of rotatable bonds is 7. The normalized spacial score (nSPS) is 13.6. The monoisotopic (exact) mass is 436 g/mol. The lowest BCUT2D eigenvalue weighted by Gasteiger charge is -2.20. The highest BCUT2D eigenvalue weighted by Gasteiger charge is 2.27. The van der Waals surface area contributed by atoms with Crippen molar-refractivity contribution in [3.8, 4) is 11.1 Å². The van der Waals surface area contributed by atoms with E-state index in [0.29, 0.717) is 5.69 Å². The highest BCUT2D eigenvalue weighted by atomic mass is 32.2. The summed E-state index contributed by atoms with van der Waals surface area (Å²) in [5, 5.41) is 12.9. The molecule has 3 aromatic carbocycles. The molecule has 0 radical (unpaired) electrons. The third-order valence-electron chi connectivity index (χ3n) is 4.75. The van der Waals surface area contributed by atoms with Gasteiger partial charge < -0.3 is 16.2 Å². The van der Waals surface area contributed by atoms with E-state index in [1.54, 1.807) is 6.08 Å². The van der Waals surface area contributed by atoms with E-state index >= 15 is 0 Å². The van der Waals surface area contributed by atoms with Crippen molar-refractivity contribution in [3.05, 3.63) is 89.8 Å². The van der Waals surface area contributed by atoms with Crippen LogP contribution in [0.1, 0.15) is 12.5 Å². The Balaban J connectivity index is 1.70. The van der Waals surface area contributed by atoms with Gasteiger partial charge in [-0.3, -0.25) is 4.79 Å². The largest absolute Gasteiger partial charge is 0.394 e. The summed E-state index contributed by atoms with van der Waals surface area (Å²) in [5.41, 5.74) is 7.53. The molecule has 6 nitrogen and oxygen atoms in total. The number of aliphatic hydroxyl groups is 1. The highest BCUT2D eigenvalue weighted by Crippen LogP contribution is 2.21. The maximum absolute atomic E-state index is 12.6. The van der Waals surface area contributed by atoms with Crippen LogP contribution in [0, 0.1) is 0 Å². The van der Waals surface area contributed by atoms with Crippen LogP contribution < -0.4 is 11.1 Å². The van der Waals surface area contributed by atoms with Gasteiger partial charge in [-0.2, -0.15) is 0 Å². The number of aliphatic hydroxyl groups excluding tert-OH is 1. The van der Waals surface area contributed by atoms with Crippen LogP contribution in [0.3, 0.4) is 0 Å². The minimum atomic E-state index is -3.66. The van der Waals surface area contributed by atoms with Crippen LogP contribution in [0.4, 0.5) is 5.69 Å². The molecule has 3 rings (SSSR count). The van der Waals surface area contributed by atoms with Crippen molar-refractivity contribution in [2.24, 2.45) is 5.73 Å². The number of carbonyl (C=O) groups is 1. The molecule has 0 bridgehead atoms. The number of anilines is 1. The molecule has 4 N–H and O–H groups in total. The standard InChI is InChI=1S/C24H24N2O4S/c1-24(25,17-27)23(28)26-21-11-13-22(14-12-21)31(29,30)16-15-18-7-9-20(10-8-18)19-5-3-2-4-6-19/h2-16,27H,17,25H2,1H3,(H,26,28)/t24-/m0/s1. The molecule has 31 heavy (non-hydrogen) atoms. The molecule has 3 aromatic rings. The quantitative estimate of drug-likeness (QED) is 0.526. The number of sulfone groups is 1. The maximum Gasteiger partial charge on any atom is 0.246 e. The number of hydrogen-bond acceptors (Lipinski definition) is 5. The second-order valence-electron chi connectivity index (χ2n) is 7.39. The van der Waals surface area contributed by atoms with Gasteiger partial charge in [0.05, 0.1) is 11.5 Å². The molecule has 0 spiro atoms. The zero-order valence-electron chi connectivity index (χ0n) is 17.0. The molecule has 0 aliphatic rings. The van der Waals surface area contributed by atoms with Gasteiger partial charge in [-0.05, 0) is 54.0 Å². The molecule has 1 atom stereocenters. The van der Waals surface area contributed by atoms with Crippen molar-refractivity contribution in [2.75, 3.05) is 11.9 Å². The fourth-order valence-corrected chi connectivity index (χ4v) is 3.75. The molecule has 0 heterocycles. The van der Waals surface area contributed by atoms with Gasteiger partial charge in [0.25, 0.3) is 0 Å². The third-order valence-corrected chi connectivity index (χ3v) is 6.17. The van der Waals surface area contributed by atoms with Crippen LogP contribution in [0.2, 0.25) is 0 Å². The van der Waals surface area contributed by atoms with E-state index in [1.807, 2.05) is 54.6 Å². The lowest BCUT2D eigenvalue weighted by Crippen LogP contribution is -2.51. The first kappa shape index (κ1) is 22.4. The summed E-state index contributed by atoms with van der Waals surface area (Å²) < 4.78 is 25.2. The SMILES string of the molecule is C[C@](N)(CO)C(=O)Nc1ccc(S(=O)(=O)C=Cc2ccc(-c3ccccc3)cc2)cc1. The maximum atomic E-state index is 12.6. The van der Waals surface area contributed by atoms with Crippen molar-refractivity contribution in [1.82, 2.24) is 0 Å². The van der Waals surface area contributed by atoms with Crippen LogP contribution in [-0.4, -0.2) is 31.6 Å². The zero-order chi connectivity index (χ0) is 22.5. The van der Waals surface area contributed by atoms with Gasteiger partial charge in [0.15, 0.2) is 9.84 Å². The fourth-order valence-electron chi connectivity index (χ4n) is 2.74. The van der Waals surface area contributed by atoms with Crippen LogP contribution in [0.5, 0.6) is 0 Å². The number of benzene rings is 3. The molecule has 0 aromatic heterocycles. The first-order chi connectivity index (χ1) is 14.7. The molecule has 0 saturated heterocycles. The topological polar surface area (TPSA) is 109 Å². The third kappa shape index (κ3) is 5.67. The molecule has 7 heteroatoms. The van der Waals surface area contributed by atoms with E-state index in [1.165, 1.54) is 31.2 Å². The molecular weight excluding hydrogens is 412 g/mol. The summed E-state index contributed by atoms with van der Waals surface area (Å²) in [7, 11) is -3.66. The zero-order valence-corrected chi connectivity index (χ0v) is 17.8.